The van der Waals surface area contributed by atoms with E-state index < -0.39 is 0 Å². The van der Waals surface area contributed by atoms with Gasteiger partial charge in [-0.3, -0.25) is 9.59 Å². The van der Waals surface area contributed by atoms with E-state index >= 15 is 0 Å². The average Bonchev–Trinajstić information content (AvgIpc) is 2.53. The van der Waals surface area contributed by atoms with E-state index in [4.69, 9.17) is 34.8 Å². The van der Waals surface area contributed by atoms with Gasteiger partial charge in [-0.2, -0.15) is 0 Å². The number of benzene rings is 2. The van der Waals surface area contributed by atoms with Crippen molar-refractivity contribution in [3.05, 3.63) is 67.7 Å². The van der Waals surface area contributed by atoms with Crippen molar-refractivity contribution in [3.63, 3.8) is 0 Å². The van der Waals surface area contributed by atoms with E-state index in [9.17, 15) is 9.59 Å². The molecular weight excluding hydrogens is 410 g/mol. The van der Waals surface area contributed by atoms with E-state index in [1.54, 1.807) is 0 Å². The SMILES string of the molecule is Cc1cccc(C)c1C(=O)PCCCCC(=O)c1c(Cl)cc(Cl)cc1Cl. The van der Waals surface area contributed by atoms with Crippen LogP contribution in [0.3, 0.4) is 0 Å². The Morgan fingerprint density at radius 1 is 0.923 bits per heavy atom. The summed E-state index contributed by atoms with van der Waals surface area (Å²) in [6.45, 7) is 3.92. The highest BCUT2D eigenvalue weighted by Gasteiger charge is 2.16. The van der Waals surface area contributed by atoms with E-state index in [1.807, 2.05) is 32.0 Å². The Morgan fingerprint density at radius 3 is 2.08 bits per heavy atom. The smallest absolute Gasteiger partial charge is 0.181 e. The molecule has 0 aliphatic carbocycles. The third-order valence-electron chi connectivity index (χ3n) is 4.11. The molecule has 2 nitrogen and oxygen atoms in total. The molecule has 0 spiro atoms. The molecule has 0 aliphatic heterocycles. The summed E-state index contributed by atoms with van der Waals surface area (Å²) in [7, 11) is 0.220. The molecule has 0 fully saturated rings. The van der Waals surface area contributed by atoms with E-state index in [0.717, 1.165) is 29.3 Å². The van der Waals surface area contributed by atoms with Crippen LogP contribution in [-0.4, -0.2) is 17.5 Å². The molecule has 0 bridgehead atoms. The second-order valence-electron chi connectivity index (χ2n) is 6.15. The first-order chi connectivity index (χ1) is 12.3. The molecule has 0 radical (unpaired) electrons. The van der Waals surface area contributed by atoms with Crippen molar-refractivity contribution in [1.82, 2.24) is 0 Å². The molecule has 0 aromatic heterocycles. The Labute approximate surface area is 171 Å². The maximum Gasteiger partial charge on any atom is 0.181 e. The fourth-order valence-corrected chi connectivity index (χ4v) is 5.06. The summed E-state index contributed by atoms with van der Waals surface area (Å²) in [5, 5.41) is 0.960. The molecular formula is C20H20Cl3O2P. The highest BCUT2D eigenvalue weighted by molar-refractivity contribution is 7.58. The zero-order valence-corrected chi connectivity index (χ0v) is 17.9. The lowest BCUT2D eigenvalue weighted by Gasteiger charge is -2.09. The predicted molar refractivity (Wildman–Crippen MR) is 113 cm³/mol. The third kappa shape index (κ3) is 5.54. The standard InChI is InChI=1S/C20H20Cl3O2P/c1-12-6-5-7-13(2)18(12)20(25)26-9-4-3-8-17(24)19-15(22)10-14(21)11-16(19)23/h5-7,10-11,26H,3-4,8-9H2,1-2H3. The number of Topliss-reactive ketones (excluding diaryl/α,β-unsaturated/α-hetero) is 1. The number of rotatable bonds is 8. The maximum atomic E-state index is 12.4. The van der Waals surface area contributed by atoms with E-state index in [2.05, 4.69) is 0 Å². The molecule has 2 rings (SSSR count). The number of ketones is 1. The largest absolute Gasteiger partial charge is 0.294 e. The Bertz CT molecular complexity index is 791. The molecule has 26 heavy (non-hydrogen) atoms. The van der Waals surface area contributed by atoms with Gasteiger partial charge in [-0.1, -0.05) is 53.0 Å². The summed E-state index contributed by atoms with van der Waals surface area (Å²) in [4.78, 5) is 24.8. The van der Waals surface area contributed by atoms with Crippen molar-refractivity contribution < 1.29 is 9.59 Å². The minimum absolute atomic E-state index is 0.0962. The Kier molecular flexibility index (Phi) is 8.10. The second kappa shape index (κ2) is 9.85. The van der Waals surface area contributed by atoms with Crippen molar-refractivity contribution in [1.29, 1.82) is 0 Å². The summed E-state index contributed by atoms with van der Waals surface area (Å²) >= 11 is 18.0. The molecule has 138 valence electrons. The molecule has 1 unspecified atom stereocenters. The highest BCUT2D eigenvalue weighted by atomic mass is 35.5. The number of hydrogen-bond donors (Lipinski definition) is 0. The van der Waals surface area contributed by atoms with Gasteiger partial charge in [0, 0.05) is 17.0 Å². The fraction of sp³-hybridized carbons (Fsp3) is 0.300. The zero-order chi connectivity index (χ0) is 19.3. The van der Waals surface area contributed by atoms with Crippen molar-refractivity contribution in [2.45, 2.75) is 33.1 Å². The predicted octanol–water partition coefficient (Wildman–Crippen LogP) is 7.14. The Morgan fingerprint density at radius 2 is 1.50 bits per heavy atom. The van der Waals surface area contributed by atoms with Crippen LogP contribution in [-0.2, 0) is 0 Å². The minimum Gasteiger partial charge on any atom is -0.294 e. The van der Waals surface area contributed by atoms with Crippen LogP contribution in [0.25, 0.3) is 0 Å². The monoisotopic (exact) mass is 428 g/mol. The molecule has 0 saturated carbocycles. The van der Waals surface area contributed by atoms with Crippen molar-refractivity contribution in [2.24, 2.45) is 0 Å². The number of hydrogen-bond acceptors (Lipinski definition) is 2. The van der Waals surface area contributed by atoms with Gasteiger partial charge in [0.1, 0.15) is 0 Å². The van der Waals surface area contributed by atoms with Crippen LogP contribution < -0.4 is 0 Å². The lowest BCUT2D eigenvalue weighted by Crippen LogP contribution is -2.02. The molecule has 0 saturated heterocycles. The van der Waals surface area contributed by atoms with Gasteiger partial charge in [0.15, 0.2) is 11.3 Å². The van der Waals surface area contributed by atoms with Gasteiger partial charge < -0.3 is 0 Å². The average molecular weight is 430 g/mol. The molecule has 0 heterocycles. The van der Waals surface area contributed by atoms with Gasteiger partial charge >= 0.3 is 0 Å². The van der Waals surface area contributed by atoms with Crippen LogP contribution >= 0.6 is 43.4 Å². The van der Waals surface area contributed by atoms with Gasteiger partial charge in [0.2, 0.25) is 0 Å². The van der Waals surface area contributed by atoms with Crippen molar-refractivity contribution >= 4 is 54.7 Å². The van der Waals surface area contributed by atoms with Crippen LogP contribution in [0.2, 0.25) is 15.1 Å². The Hall–Kier alpha value is -0.920. The fourth-order valence-electron chi connectivity index (χ4n) is 2.81. The minimum atomic E-state index is -0.0962. The number of carbonyl (C=O) groups excluding carboxylic acids is 2. The van der Waals surface area contributed by atoms with Gasteiger partial charge in [-0.15, -0.1) is 0 Å². The topological polar surface area (TPSA) is 34.1 Å². The van der Waals surface area contributed by atoms with Crippen LogP contribution in [0, 0.1) is 13.8 Å². The quantitative estimate of drug-likeness (QED) is 0.254. The Balaban J connectivity index is 1.82. The van der Waals surface area contributed by atoms with Crippen LogP contribution in [0.4, 0.5) is 0 Å². The van der Waals surface area contributed by atoms with Crippen molar-refractivity contribution in [2.75, 3.05) is 6.16 Å². The number of carbonyl (C=O) groups is 2. The van der Waals surface area contributed by atoms with Gasteiger partial charge in [-0.05, 0) is 64.7 Å². The summed E-state index contributed by atoms with van der Waals surface area (Å²) in [6, 6.07) is 8.93. The highest BCUT2D eigenvalue weighted by Crippen LogP contribution is 2.31. The first kappa shape index (κ1) is 21.4. The van der Waals surface area contributed by atoms with Crippen molar-refractivity contribution in [3.8, 4) is 0 Å². The van der Waals surface area contributed by atoms with Crippen LogP contribution in [0.1, 0.15) is 51.1 Å². The van der Waals surface area contributed by atoms with E-state index in [0.29, 0.717) is 23.4 Å². The molecule has 0 aliphatic rings. The molecule has 6 heteroatoms. The molecule has 2 aromatic carbocycles. The second-order valence-corrected chi connectivity index (χ2v) is 8.71. The van der Waals surface area contributed by atoms with Crippen LogP contribution in [0.15, 0.2) is 30.3 Å². The first-order valence-electron chi connectivity index (χ1n) is 8.33. The zero-order valence-electron chi connectivity index (χ0n) is 14.7. The van der Waals surface area contributed by atoms with Crippen LogP contribution in [0.5, 0.6) is 0 Å². The number of unbranched alkanes of at least 4 members (excludes halogenated alkanes) is 1. The molecule has 1 atom stereocenters. The number of aryl methyl sites for hydroxylation is 2. The third-order valence-corrected chi connectivity index (χ3v) is 6.10. The normalized spacial score (nSPS) is 11.3. The summed E-state index contributed by atoms with van der Waals surface area (Å²) in [5.41, 5.74) is 3.39. The van der Waals surface area contributed by atoms with Gasteiger partial charge in [0.05, 0.1) is 15.6 Å². The van der Waals surface area contributed by atoms with Gasteiger partial charge in [-0.25, -0.2) is 0 Å². The maximum absolute atomic E-state index is 12.4. The molecule has 2 aromatic rings. The lowest BCUT2D eigenvalue weighted by molar-refractivity contribution is 0.0980. The lowest BCUT2D eigenvalue weighted by atomic mass is 10.0. The first-order valence-corrected chi connectivity index (χ1v) is 10.7. The van der Waals surface area contributed by atoms with E-state index in [-0.39, 0.29) is 29.9 Å². The summed E-state index contributed by atoms with van der Waals surface area (Å²) in [5.74, 6) is -0.0962. The molecule has 0 amide bonds. The summed E-state index contributed by atoms with van der Waals surface area (Å²) < 4.78 is 0. The number of halogens is 3. The molecule has 0 N–H and O–H groups in total. The van der Waals surface area contributed by atoms with Gasteiger partial charge in [0.25, 0.3) is 0 Å². The van der Waals surface area contributed by atoms with E-state index in [1.165, 1.54) is 12.1 Å². The summed E-state index contributed by atoms with van der Waals surface area (Å²) in [6.07, 6.45) is 2.63.